The smallest absolute Gasteiger partial charge is 0.258 e. The van der Waals surface area contributed by atoms with E-state index in [1.165, 1.54) is 32.1 Å². The summed E-state index contributed by atoms with van der Waals surface area (Å²) in [4.78, 5) is 109. The SMILES string of the molecule is CCc1nc(C)cn2nc(-c3cc(=O)n4cc(N5CCN(C(C)C)CC5)ccc4n3)cc12.CCc1nc(C)cn2nc(-c3cc(=O)n4cc(N5CCN(C6CC6)CC5)ccc4n3)cc12.CCc1nc(C)cn2nc(-c3cc(=O)n4cc(N5CCN(C6CCC6)CC5)ccc4n3)cc12.CCc1nc(C)cn2nc(-c3cc(=O)n4cc(N5CCN(C6COC6)CC5)ccc4n3)cc12. The van der Waals surface area contributed by atoms with Gasteiger partial charge in [0.15, 0.2) is 0 Å². The second kappa shape index (κ2) is 35.8. The monoisotopic (exact) mass is 1750 g/mol. The average Bonchev–Trinajstić information content (AvgIpc) is 1.68. The molecule has 0 spiro atoms. The summed E-state index contributed by atoms with van der Waals surface area (Å²) in [5.41, 5.74) is 22.9. The predicted molar refractivity (Wildman–Crippen MR) is 506 cm³/mol. The molecule has 7 aliphatic rings. The maximum atomic E-state index is 13.0. The van der Waals surface area contributed by atoms with E-state index in [1.54, 1.807) is 41.9 Å². The number of nitrogens with zero attached hydrogens (tertiary/aromatic N) is 28. The molecule has 16 aromatic heterocycles. The van der Waals surface area contributed by atoms with Gasteiger partial charge < -0.3 is 24.3 Å². The Balaban J connectivity index is 0.000000108. The Morgan fingerprint density at radius 3 is 0.800 bits per heavy atom. The number of anilines is 4. The third-order valence-electron chi connectivity index (χ3n) is 26.8. The lowest BCUT2D eigenvalue weighted by molar-refractivity contribution is -0.0660. The molecule has 130 heavy (non-hydrogen) atoms. The fourth-order valence-corrected chi connectivity index (χ4v) is 19.1. The van der Waals surface area contributed by atoms with Crippen LogP contribution in [0.4, 0.5) is 22.7 Å². The Hall–Kier alpha value is -13.1. The van der Waals surface area contributed by atoms with Gasteiger partial charge in [-0.15, -0.1) is 0 Å². The molecule has 7 fully saturated rings. The normalized spacial score (nSPS) is 17.1. The maximum Gasteiger partial charge on any atom is 0.258 e. The van der Waals surface area contributed by atoms with E-state index in [1.807, 2.05) is 144 Å². The minimum absolute atomic E-state index is 0.0907. The molecule has 5 aliphatic heterocycles. The highest BCUT2D eigenvalue weighted by atomic mass is 16.5. The van der Waals surface area contributed by atoms with Gasteiger partial charge in [0.05, 0.1) is 157 Å². The van der Waals surface area contributed by atoms with Crippen molar-refractivity contribution in [2.24, 2.45) is 0 Å². The average molecular weight is 1750 g/mol. The fourth-order valence-electron chi connectivity index (χ4n) is 19.1. The van der Waals surface area contributed by atoms with E-state index in [9.17, 15) is 19.2 Å². The van der Waals surface area contributed by atoms with E-state index < -0.39 is 0 Å². The van der Waals surface area contributed by atoms with Crippen molar-refractivity contribution in [2.75, 3.05) is 138 Å². The number of hydrogen-bond acceptors (Lipinski definition) is 25. The largest absolute Gasteiger partial charge is 0.378 e. The lowest BCUT2D eigenvalue weighted by Crippen LogP contribution is -2.56. The zero-order valence-corrected chi connectivity index (χ0v) is 75.8. The van der Waals surface area contributed by atoms with Gasteiger partial charge in [0.1, 0.15) is 45.4 Å². The van der Waals surface area contributed by atoms with Gasteiger partial charge in [0.2, 0.25) is 0 Å². The molecular formula is C97H112N28O5. The maximum absolute atomic E-state index is 13.0. The van der Waals surface area contributed by atoms with E-state index in [2.05, 4.69) is 145 Å². The zero-order valence-electron chi connectivity index (χ0n) is 75.8. The van der Waals surface area contributed by atoms with Gasteiger partial charge in [0, 0.05) is 172 Å². The predicted octanol–water partition coefficient (Wildman–Crippen LogP) is 10.1. The summed E-state index contributed by atoms with van der Waals surface area (Å²) in [7, 11) is 0. The molecule has 0 radical (unpaired) electrons. The molecule has 0 aromatic carbocycles. The highest BCUT2D eigenvalue weighted by Crippen LogP contribution is 2.33. The Labute approximate surface area is 751 Å². The second-order valence-electron chi connectivity index (χ2n) is 35.7. The van der Waals surface area contributed by atoms with Crippen LogP contribution in [0.1, 0.15) is 119 Å². The van der Waals surface area contributed by atoms with E-state index in [0.29, 0.717) is 80.2 Å². The third-order valence-corrected chi connectivity index (χ3v) is 26.8. The Morgan fingerprint density at radius 1 is 0.308 bits per heavy atom. The topological polar surface area (TPSA) is 293 Å². The summed E-state index contributed by atoms with van der Waals surface area (Å²) in [6.45, 7) is 38.6. The minimum atomic E-state index is -0.107. The molecule has 670 valence electrons. The van der Waals surface area contributed by atoms with Gasteiger partial charge in [0.25, 0.3) is 22.2 Å². The summed E-state index contributed by atoms with van der Waals surface area (Å²) in [6, 6.07) is 32.9. The fraction of sp³-hybridized carbons (Fsp3) is 0.423. The number of pyridine rings is 4. The number of aryl methyl sites for hydroxylation is 8. The quantitative estimate of drug-likeness (QED) is 0.0868. The summed E-state index contributed by atoms with van der Waals surface area (Å²) in [5, 5.41) is 18.7. The molecule has 2 aliphatic carbocycles. The number of ether oxygens (including phenoxy) is 1. The minimum Gasteiger partial charge on any atom is -0.378 e. The first-order valence-corrected chi connectivity index (χ1v) is 46.3. The van der Waals surface area contributed by atoms with E-state index >= 15 is 0 Å². The van der Waals surface area contributed by atoms with E-state index in [-0.39, 0.29) is 22.2 Å². The number of rotatable bonds is 16. The summed E-state index contributed by atoms with van der Waals surface area (Å²) < 4.78 is 19.2. The van der Waals surface area contributed by atoms with Crippen molar-refractivity contribution in [3.8, 4) is 45.6 Å². The van der Waals surface area contributed by atoms with Crippen molar-refractivity contribution in [1.82, 2.24) is 116 Å². The van der Waals surface area contributed by atoms with Crippen molar-refractivity contribution in [1.29, 1.82) is 0 Å². The molecular weight excluding hydrogens is 1640 g/mol. The molecule has 5 saturated heterocycles. The standard InChI is InChI=1S/C25H29N7O.C24H27N7O2.C24H27N7O.C24H29N7O/c1-3-20-23-13-22(28-32(23)15-17(2)26-20)21-14-25(33)31-16-19(7-8-24(31)27-21)30-11-9-29(10-12-30)18-5-4-6-18;1-3-19-22-10-21(27-31(22)12-16(2)25-19)20-11-24(32)30-13-17(4-5-23(30)26-20)28-6-8-29(9-7-28)18-14-33-15-18;1-3-19-22-12-21(27-31(22)14-16(2)25-19)20-13-24(32)30-15-18(6-7-23(30)26-20)29-10-8-28(9-11-29)17-4-5-17;1-5-19-22-12-21(27-31(22)14-17(4)25-19)20-13-24(32)30-15-18(6-7-23(30)26-20)29-10-8-28(9-11-29)16(2)3/h7-8,13-16,18H,3-6,9-12H2,1-2H3;4-5,10-13,18H,3,6-9,14-15H2,1-2H3;6-7,12-15,17H,3-5,8-11H2,1-2H3;6-7,12-16H,5,8-11H2,1-4H3. The highest BCUT2D eigenvalue weighted by Gasteiger charge is 2.34. The molecule has 16 aromatic rings. The Kier molecular flexibility index (Phi) is 23.4. The number of hydrogen-bond donors (Lipinski definition) is 0. The van der Waals surface area contributed by atoms with Crippen LogP contribution in [0.2, 0.25) is 0 Å². The first kappa shape index (κ1) is 85.0. The van der Waals surface area contributed by atoms with Gasteiger partial charge >= 0.3 is 0 Å². The van der Waals surface area contributed by atoms with Gasteiger partial charge in [-0.25, -0.2) is 38.0 Å². The van der Waals surface area contributed by atoms with Crippen LogP contribution in [0.25, 0.3) is 90.2 Å². The van der Waals surface area contributed by atoms with Crippen LogP contribution in [0.5, 0.6) is 0 Å². The number of fused-ring (bicyclic) bond motifs is 8. The lowest BCUT2D eigenvalue weighted by atomic mass is 9.91. The first-order chi connectivity index (χ1) is 63.2. The molecule has 0 bridgehead atoms. The Bertz CT molecular complexity index is 6800. The third kappa shape index (κ3) is 17.3. The lowest BCUT2D eigenvalue weighted by Gasteiger charge is -2.43. The van der Waals surface area contributed by atoms with Crippen LogP contribution in [0.3, 0.4) is 0 Å². The van der Waals surface area contributed by atoms with Gasteiger partial charge in [-0.05, 0) is 166 Å². The van der Waals surface area contributed by atoms with Crippen molar-refractivity contribution in [3.05, 3.63) is 234 Å². The molecule has 33 heteroatoms. The van der Waals surface area contributed by atoms with Crippen LogP contribution >= 0.6 is 0 Å². The van der Waals surface area contributed by atoms with Crippen LogP contribution in [0, 0.1) is 27.7 Å². The molecule has 0 N–H and O–H groups in total. The summed E-state index contributed by atoms with van der Waals surface area (Å²) >= 11 is 0. The van der Waals surface area contributed by atoms with Crippen molar-refractivity contribution in [3.63, 3.8) is 0 Å². The van der Waals surface area contributed by atoms with Crippen LogP contribution in [-0.4, -0.2) is 258 Å². The van der Waals surface area contributed by atoms with Gasteiger partial charge in [-0.3, -0.25) is 76.3 Å². The Morgan fingerprint density at radius 2 is 0.569 bits per heavy atom. The van der Waals surface area contributed by atoms with Crippen molar-refractivity contribution in [2.45, 2.75) is 151 Å². The van der Waals surface area contributed by atoms with Crippen molar-refractivity contribution < 1.29 is 4.74 Å². The second-order valence-corrected chi connectivity index (χ2v) is 35.7. The summed E-state index contributed by atoms with van der Waals surface area (Å²) in [6.07, 6.45) is 25.3. The van der Waals surface area contributed by atoms with Gasteiger partial charge in [-0.2, -0.15) is 20.4 Å². The van der Waals surface area contributed by atoms with E-state index in [0.717, 1.165) is 246 Å². The van der Waals surface area contributed by atoms with Crippen LogP contribution < -0.4 is 41.8 Å². The molecule has 2 saturated carbocycles. The van der Waals surface area contributed by atoms with Crippen LogP contribution in [0.15, 0.2) is 166 Å². The molecule has 0 amide bonds. The molecule has 33 nitrogen and oxygen atoms in total. The molecule has 0 atom stereocenters. The highest BCUT2D eigenvalue weighted by molar-refractivity contribution is 5.72. The number of piperazine rings is 4. The molecule has 0 unspecified atom stereocenters. The van der Waals surface area contributed by atoms with Crippen molar-refractivity contribution >= 4 is 67.4 Å². The zero-order chi connectivity index (χ0) is 89.3. The number of aromatic nitrogens is 20. The summed E-state index contributed by atoms with van der Waals surface area (Å²) in [5.74, 6) is 0. The molecule has 21 heterocycles. The van der Waals surface area contributed by atoms with Crippen LogP contribution in [-0.2, 0) is 30.4 Å². The first-order valence-electron chi connectivity index (χ1n) is 46.3. The van der Waals surface area contributed by atoms with Gasteiger partial charge in [-0.1, -0.05) is 34.1 Å². The van der Waals surface area contributed by atoms with E-state index in [4.69, 9.17) is 24.7 Å². The molecule has 23 rings (SSSR count).